The van der Waals surface area contributed by atoms with Gasteiger partial charge < -0.3 is 4.42 Å². The molecule has 0 aliphatic carbocycles. The molecular weight excluding hydrogens is 242 g/mol. The number of para-hydroxylation sites is 1. The Balaban J connectivity index is 2.22. The standard InChI is InChI=1S/C15H11NO3/c1-10-6-7-14-11(8-10)9-15(19-14)12-4-2-3-5-13(12)16(17)18/h2-9H,1H3. The maximum absolute atomic E-state index is 11.0. The van der Waals surface area contributed by atoms with E-state index in [1.54, 1.807) is 18.2 Å². The minimum absolute atomic E-state index is 0.0540. The molecule has 0 unspecified atom stereocenters. The van der Waals surface area contributed by atoms with Gasteiger partial charge >= 0.3 is 0 Å². The molecule has 0 atom stereocenters. The molecule has 4 heteroatoms. The Labute approximate surface area is 109 Å². The van der Waals surface area contributed by atoms with Crippen LogP contribution in [0.25, 0.3) is 22.3 Å². The van der Waals surface area contributed by atoms with Crippen LogP contribution >= 0.6 is 0 Å². The highest BCUT2D eigenvalue weighted by Crippen LogP contribution is 2.33. The Bertz CT molecular complexity index is 774. The summed E-state index contributed by atoms with van der Waals surface area (Å²) in [6.45, 7) is 2.00. The molecular formula is C15H11NO3. The third-order valence-electron chi connectivity index (χ3n) is 3.04. The SMILES string of the molecule is Cc1ccc2oc(-c3ccccc3[N+](=O)[O-])cc2c1. The molecule has 0 aliphatic rings. The van der Waals surface area contributed by atoms with Crippen LogP contribution in [0.3, 0.4) is 0 Å². The number of fused-ring (bicyclic) bond motifs is 1. The van der Waals surface area contributed by atoms with Gasteiger partial charge in [-0.15, -0.1) is 0 Å². The van der Waals surface area contributed by atoms with E-state index in [1.807, 2.05) is 31.2 Å². The van der Waals surface area contributed by atoms with Crippen molar-refractivity contribution < 1.29 is 9.34 Å². The van der Waals surface area contributed by atoms with E-state index in [-0.39, 0.29) is 5.69 Å². The normalized spacial score (nSPS) is 10.8. The number of furan rings is 1. The van der Waals surface area contributed by atoms with E-state index in [4.69, 9.17) is 4.42 Å². The molecule has 0 radical (unpaired) electrons. The van der Waals surface area contributed by atoms with E-state index in [0.717, 1.165) is 16.5 Å². The van der Waals surface area contributed by atoms with Crippen LogP contribution in [0.15, 0.2) is 52.9 Å². The van der Waals surface area contributed by atoms with Crippen molar-refractivity contribution in [2.24, 2.45) is 0 Å². The maximum atomic E-state index is 11.0. The highest BCUT2D eigenvalue weighted by atomic mass is 16.6. The first-order valence-corrected chi connectivity index (χ1v) is 5.89. The fourth-order valence-corrected chi connectivity index (χ4v) is 2.14. The van der Waals surface area contributed by atoms with Gasteiger partial charge in [-0.05, 0) is 31.2 Å². The van der Waals surface area contributed by atoms with Crippen molar-refractivity contribution in [3.8, 4) is 11.3 Å². The predicted octanol–water partition coefficient (Wildman–Crippen LogP) is 4.32. The Kier molecular flexibility index (Phi) is 2.56. The van der Waals surface area contributed by atoms with Crippen molar-refractivity contribution in [3.63, 3.8) is 0 Å². The first-order valence-electron chi connectivity index (χ1n) is 5.89. The Morgan fingerprint density at radius 3 is 2.68 bits per heavy atom. The summed E-state index contributed by atoms with van der Waals surface area (Å²) in [5, 5.41) is 12.0. The molecule has 19 heavy (non-hydrogen) atoms. The van der Waals surface area contributed by atoms with Crippen LogP contribution < -0.4 is 0 Å². The molecule has 0 saturated heterocycles. The summed E-state index contributed by atoms with van der Waals surface area (Å²) in [5.41, 5.74) is 2.42. The summed E-state index contributed by atoms with van der Waals surface area (Å²) >= 11 is 0. The lowest BCUT2D eigenvalue weighted by atomic mass is 10.1. The summed E-state index contributed by atoms with van der Waals surface area (Å²) in [7, 11) is 0. The molecule has 4 nitrogen and oxygen atoms in total. The number of aryl methyl sites for hydroxylation is 1. The molecule has 1 aromatic heterocycles. The zero-order valence-electron chi connectivity index (χ0n) is 10.3. The molecule has 0 fully saturated rings. The van der Waals surface area contributed by atoms with Gasteiger partial charge in [-0.25, -0.2) is 0 Å². The summed E-state index contributed by atoms with van der Waals surface area (Å²) in [4.78, 5) is 10.6. The number of rotatable bonds is 2. The van der Waals surface area contributed by atoms with E-state index < -0.39 is 4.92 Å². The van der Waals surface area contributed by atoms with Crippen LogP contribution in [-0.2, 0) is 0 Å². The summed E-state index contributed by atoms with van der Waals surface area (Å²) in [5.74, 6) is 0.521. The molecule has 1 heterocycles. The molecule has 0 aliphatic heterocycles. The van der Waals surface area contributed by atoms with Crippen LogP contribution in [0.5, 0.6) is 0 Å². The molecule has 3 rings (SSSR count). The lowest BCUT2D eigenvalue weighted by molar-refractivity contribution is -0.384. The minimum Gasteiger partial charge on any atom is -0.456 e. The van der Waals surface area contributed by atoms with Gasteiger partial charge in [0, 0.05) is 11.5 Å². The van der Waals surface area contributed by atoms with Crippen molar-refractivity contribution in [2.75, 3.05) is 0 Å². The van der Waals surface area contributed by atoms with Crippen LogP contribution in [0, 0.1) is 17.0 Å². The molecule has 0 amide bonds. The van der Waals surface area contributed by atoms with Gasteiger partial charge in [-0.2, -0.15) is 0 Å². The average Bonchev–Trinajstić information content (AvgIpc) is 2.81. The van der Waals surface area contributed by atoms with Crippen molar-refractivity contribution >= 4 is 16.7 Å². The van der Waals surface area contributed by atoms with Gasteiger partial charge in [0.25, 0.3) is 5.69 Å². The van der Waals surface area contributed by atoms with Crippen LogP contribution in [0.4, 0.5) is 5.69 Å². The monoisotopic (exact) mass is 253 g/mol. The summed E-state index contributed by atoms with van der Waals surface area (Å²) in [6.07, 6.45) is 0. The van der Waals surface area contributed by atoms with Crippen molar-refractivity contribution in [2.45, 2.75) is 6.92 Å². The summed E-state index contributed by atoms with van der Waals surface area (Å²) in [6, 6.07) is 14.3. The Morgan fingerprint density at radius 2 is 1.89 bits per heavy atom. The maximum Gasteiger partial charge on any atom is 0.280 e. The number of nitro benzene ring substituents is 1. The van der Waals surface area contributed by atoms with E-state index >= 15 is 0 Å². The van der Waals surface area contributed by atoms with Crippen LogP contribution in [0.1, 0.15) is 5.56 Å². The van der Waals surface area contributed by atoms with E-state index in [9.17, 15) is 10.1 Å². The quantitative estimate of drug-likeness (QED) is 0.505. The second kappa shape index (κ2) is 4.24. The zero-order valence-corrected chi connectivity index (χ0v) is 10.3. The fraction of sp³-hybridized carbons (Fsp3) is 0.0667. The molecule has 3 aromatic rings. The minimum atomic E-state index is -0.395. The first-order chi connectivity index (χ1) is 9.15. The molecule has 0 saturated carbocycles. The topological polar surface area (TPSA) is 56.3 Å². The predicted molar refractivity (Wildman–Crippen MR) is 73.0 cm³/mol. The van der Waals surface area contributed by atoms with Gasteiger partial charge in [0.1, 0.15) is 11.3 Å². The molecule has 0 bridgehead atoms. The van der Waals surface area contributed by atoms with Gasteiger partial charge in [-0.3, -0.25) is 10.1 Å². The first kappa shape index (κ1) is 11.5. The zero-order chi connectivity index (χ0) is 13.4. The van der Waals surface area contributed by atoms with Crippen molar-refractivity contribution in [3.05, 3.63) is 64.2 Å². The van der Waals surface area contributed by atoms with Gasteiger partial charge in [-0.1, -0.05) is 23.8 Å². The van der Waals surface area contributed by atoms with E-state index in [0.29, 0.717) is 11.3 Å². The number of benzene rings is 2. The largest absolute Gasteiger partial charge is 0.456 e. The second-order valence-electron chi connectivity index (χ2n) is 4.43. The molecule has 94 valence electrons. The van der Waals surface area contributed by atoms with Gasteiger partial charge in [0.2, 0.25) is 0 Å². The van der Waals surface area contributed by atoms with Crippen molar-refractivity contribution in [1.82, 2.24) is 0 Å². The smallest absolute Gasteiger partial charge is 0.280 e. The highest BCUT2D eigenvalue weighted by molar-refractivity contribution is 5.85. The molecule has 0 spiro atoms. The fourth-order valence-electron chi connectivity index (χ4n) is 2.14. The lowest BCUT2D eigenvalue weighted by Crippen LogP contribution is -1.90. The lowest BCUT2D eigenvalue weighted by Gasteiger charge is -1.98. The molecule has 2 aromatic carbocycles. The van der Waals surface area contributed by atoms with Crippen LogP contribution in [0.2, 0.25) is 0 Å². The second-order valence-corrected chi connectivity index (χ2v) is 4.43. The Morgan fingerprint density at radius 1 is 1.11 bits per heavy atom. The third kappa shape index (κ3) is 1.97. The number of hydrogen-bond acceptors (Lipinski definition) is 3. The highest BCUT2D eigenvalue weighted by Gasteiger charge is 2.17. The Hall–Kier alpha value is -2.62. The van der Waals surface area contributed by atoms with E-state index in [1.165, 1.54) is 6.07 Å². The average molecular weight is 253 g/mol. The summed E-state index contributed by atoms with van der Waals surface area (Å²) < 4.78 is 5.70. The number of nitro groups is 1. The van der Waals surface area contributed by atoms with Crippen LogP contribution in [-0.4, -0.2) is 4.92 Å². The number of hydrogen-bond donors (Lipinski definition) is 0. The molecule has 0 N–H and O–H groups in total. The van der Waals surface area contributed by atoms with Gasteiger partial charge in [0.05, 0.1) is 10.5 Å². The number of nitrogens with zero attached hydrogens (tertiary/aromatic N) is 1. The van der Waals surface area contributed by atoms with E-state index in [2.05, 4.69) is 0 Å². The van der Waals surface area contributed by atoms with Gasteiger partial charge in [0.15, 0.2) is 0 Å². The van der Waals surface area contributed by atoms with Crippen molar-refractivity contribution in [1.29, 1.82) is 0 Å². The third-order valence-corrected chi connectivity index (χ3v) is 3.04.